The number of anilines is 1. The summed E-state index contributed by atoms with van der Waals surface area (Å²) < 4.78 is 10.9. The first kappa shape index (κ1) is 22.3. The van der Waals surface area contributed by atoms with Crippen molar-refractivity contribution >= 4 is 35.1 Å². The molecule has 6 nitrogen and oxygen atoms in total. The minimum absolute atomic E-state index is 0.209. The predicted octanol–water partition coefficient (Wildman–Crippen LogP) is 6.28. The number of aromatic nitrogens is 1. The number of hydrogen-bond donors (Lipinski definition) is 2. The molecule has 2 N–H and O–H groups in total. The number of rotatable bonds is 7. The summed E-state index contributed by atoms with van der Waals surface area (Å²) in [6.07, 6.45) is 4.93. The van der Waals surface area contributed by atoms with Gasteiger partial charge in [-0.3, -0.25) is 0 Å². The number of carbonyl (C=O) groups is 1. The van der Waals surface area contributed by atoms with E-state index < -0.39 is 5.97 Å². The van der Waals surface area contributed by atoms with Gasteiger partial charge in [0.15, 0.2) is 0 Å². The summed E-state index contributed by atoms with van der Waals surface area (Å²) in [4.78, 5) is 17.6. The number of thiazole rings is 1. The second-order valence-electron chi connectivity index (χ2n) is 8.59. The van der Waals surface area contributed by atoms with Crippen molar-refractivity contribution in [3.05, 3.63) is 75.2 Å². The number of ether oxygens (including phenoxy) is 1. The molecule has 2 aliphatic rings. The lowest BCUT2D eigenvalue weighted by Gasteiger charge is -2.27. The van der Waals surface area contributed by atoms with Gasteiger partial charge in [-0.2, -0.15) is 0 Å². The van der Waals surface area contributed by atoms with Crippen LogP contribution in [-0.2, 0) is 13.1 Å². The van der Waals surface area contributed by atoms with E-state index in [1.54, 1.807) is 19.2 Å². The monoisotopic (exact) mass is 481 g/mol. The SMILES string of the molecule is COc1cc(C(=O)O)ccc1NSN1Cc2nc(C3CCC(c4ccccc4)CC3)sc2C1. The average Bonchev–Trinajstić information content (AvgIpc) is 3.42. The summed E-state index contributed by atoms with van der Waals surface area (Å²) in [5, 5.41) is 10.5. The first-order chi connectivity index (χ1) is 16.1. The van der Waals surface area contributed by atoms with Crippen LogP contribution in [0.25, 0.3) is 0 Å². The van der Waals surface area contributed by atoms with E-state index in [2.05, 4.69) is 39.4 Å². The van der Waals surface area contributed by atoms with Crippen LogP contribution in [0.2, 0.25) is 0 Å². The Morgan fingerprint density at radius 2 is 1.88 bits per heavy atom. The van der Waals surface area contributed by atoms with Crippen molar-refractivity contribution in [1.29, 1.82) is 0 Å². The van der Waals surface area contributed by atoms with Gasteiger partial charge >= 0.3 is 5.97 Å². The van der Waals surface area contributed by atoms with Crippen LogP contribution in [-0.4, -0.2) is 27.5 Å². The van der Waals surface area contributed by atoms with E-state index in [1.165, 1.54) is 65.0 Å². The smallest absolute Gasteiger partial charge is 0.335 e. The van der Waals surface area contributed by atoms with Crippen LogP contribution in [0.5, 0.6) is 5.75 Å². The number of aromatic carboxylic acids is 1. The molecule has 0 spiro atoms. The Bertz CT molecular complexity index is 1100. The topological polar surface area (TPSA) is 74.7 Å². The summed E-state index contributed by atoms with van der Waals surface area (Å²) in [6.45, 7) is 1.66. The molecular formula is C25H27N3O3S2. The first-order valence-electron chi connectivity index (χ1n) is 11.2. The fourth-order valence-electron chi connectivity index (χ4n) is 4.69. The third-order valence-corrected chi connectivity index (χ3v) is 8.59. The Balaban J connectivity index is 1.15. The van der Waals surface area contributed by atoms with Crippen molar-refractivity contribution in [2.24, 2.45) is 0 Å². The molecule has 0 saturated heterocycles. The van der Waals surface area contributed by atoms with Gasteiger partial charge in [-0.05, 0) is 55.4 Å². The van der Waals surface area contributed by atoms with Gasteiger partial charge in [0.25, 0.3) is 0 Å². The van der Waals surface area contributed by atoms with Gasteiger partial charge in [0.1, 0.15) is 5.75 Å². The second kappa shape index (κ2) is 9.75. The molecule has 3 aromatic rings. The van der Waals surface area contributed by atoms with Crippen LogP contribution < -0.4 is 9.46 Å². The van der Waals surface area contributed by atoms with Gasteiger partial charge in [-0.15, -0.1) is 11.3 Å². The molecule has 33 heavy (non-hydrogen) atoms. The minimum Gasteiger partial charge on any atom is -0.495 e. The molecular weight excluding hydrogens is 454 g/mol. The molecule has 8 heteroatoms. The standard InChI is InChI=1S/C25H27N3O3S2/c1-31-22-13-19(25(29)30)11-12-20(22)27-33-28-14-21-23(15-28)32-24(26-21)18-9-7-17(8-10-18)16-5-3-2-4-6-16/h2-6,11-13,17-18,27H,7-10,14-15H2,1H3,(H,29,30). The van der Waals surface area contributed by atoms with E-state index >= 15 is 0 Å². The molecule has 1 aliphatic heterocycles. The first-order valence-corrected chi connectivity index (χ1v) is 12.8. The fraction of sp³-hybridized carbons (Fsp3) is 0.360. The number of hydrogen-bond acceptors (Lipinski definition) is 7. The van der Waals surface area contributed by atoms with E-state index in [4.69, 9.17) is 14.8 Å². The number of nitrogens with zero attached hydrogens (tertiary/aromatic N) is 2. The van der Waals surface area contributed by atoms with Crippen LogP contribution in [0.4, 0.5) is 5.69 Å². The van der Waals surface area contributed by atoms with Crippen molar-refractivity contribution in [1.82, 2.24) is 9.29 Å². The summed E-state index contributed by atoms with van der Waals surface area (Å²) in [5.74, 6) is 0.834. The average molecular weight is 482 g/mol. The zero-order chi connectivity index (χ0) is 22.8. The highest BCUT2D eigenvalue weighted by atomic mass is 32.2. The highest BCUT2D eigenvalue weighted by Crippen LogP contribution is 2.43. The van der Waals surface area contributed by atoms with Crippen molar-refractivity contribution in [3.8, 4) is 5.75 Å². The Morgan fingerprint density at radius 3 is 2.58 bits per heavy atom. The van der Waals surface area contributed by atoms with E-state index in [1.807, 2.05) is 11.3 Å². The van der Waals surface area contributed by atoms with Crippen LogP contribution >= 0.6 is 23.5 Å². The molecule has 2 heterocycles. The second-order valence-corrected chi connectivity index (χ2v) is 10.6. The molecule has 1 saturated carbocycles. The van der Waals surface area contributed by atoms with Crippen LogP contribution in [0.3, 0.4) is 0 Å². The van der Waals surface area contributed by atoms with Gasteiger partial charge < -0.3 is 14.6 Å². The molecule has 0 atom stereocenters. The number of fused-ring (bicyclic) bond motifs is 1. The van der Waals surface area contributed by atoms with Crippen molar-refractivity contribution in [2.75, 3.05) is 11.8 Å². The van der Waals surface area contributed by atoms with Crippen LogP contribution in [0.15, 0.2) is 48.5 Å². The van der Waals surface area contributed by atoms with Gasteiger partial charge in [0.05, 0.1) is 35.6 Å². The predicted molar refractivity (Wildman–Crippen MR) is 133 cm³/mol. The fourth-order valence-corrected chi connectivity index (χ4v) is 6.81. The van der Waals surface area contributed by atoms with E-state index in [9.17, 15) is 4.79 Å². The van der Waals surface area contributed by atoms with E-state index in [0.29, 0.717) is 17.6 Å². The maximum absolute atomic E-state index is 11.2. The highest BCUT2D eigenvalue weighted by Gasteiger charge is 2.30. The summed E-state index contributed by atoms with van der Waals surface area (Å²) in [7, 11) is 1.54. The molecule has 2 aromatic carbocycles. The lowest BCUT2D eigenvalue weighted by atomic mass is 9.79. The molecule has 0 radical (unpaired) electrons. The third kappa shape index (κ3) is 4.88. The maximum atomic E-state index is 11.2. The molecule has 0 amide bonds. The zero-order valence-corrected chi connectivity index (χ0v) is 20.1. The summed E-state index contributed by atoms with van der Waals surface area (Å²) in [5.41, 5.74) is 3.64. The summed E-state index contributed by atoms with van der Waals surface area (Å²) >= 11 is 3.38. The molecule has 5 rings (SSSR count). The molecule has 0 bridgehead atoms. The van der Waals surface area contributed by atoms with Crippen LogP contribution in [0, 0.1) is 0 Å². The van der Waals surface area contributed by atoms with Gasteiger partial charge in [0.2, 0.25) is 0 Å². The largest absolute Gasteiger partial charge is 0.495 e. The van der Waals surface area contributed by atoms with Gasteiger partial charge in [-0.1, -0.05) is 30.3 Å². The molecule has 1 aliphatic carbocycles. The summed E-state index contributed by atoms with van der Waals surface area (Å²) in [6, 6.07) is 15.8. The Morgan fingerprint density at radius 1 is 1.12 bits per heavy atom. The normalized spacial score (nSPS) is 20.4. The molecule has 172 valence electrons. The Labute approximate surface area is 202 Å². The van der Waals surface area contributed by atoms with Crippen molar-refractivity contribution in [2.45, 2.75) is 50.6 Å². The number of nitrogens with one attached hydrogen (secondary N) is 1. The van der Waals surface area contributed by atoms with Crippen molar-refractivity contribution < 1.29 is 14.6 Å². The number of carboxylic acid groups (broad SMARTS) is 1. The number of methoxy groups -OCH3 is 1. The van der Waals surface area contributed by atoms with Crippen LogP contribution in [0.1, 0.15) is 69.0 Å². The molecule has 1 fully saturated rings. The molecule has 0 unspecified atom stereocenters. The number of benzene rings is 2. The van der Waals surface area contributed by atoms with Gasteiger partial charge in [0, 0.05) is 29.5 Å². The van der Waals surface area contributed by atoms with E-state index in [-0.39, 0.29) is 5.56 Å². The minimum atomic E-state index is -0.966. The Hall–Kier alpha value is -2.55. The third-order valence-electron chi connectivity index (χ3n) is 6.52. The zero-order valence-electron chi connectivity index (χ0n) is 18.5. The maximum Gasteiger partial charge on any atom is 0.335 e. The van der Waals surface area contributed by atoms with Crippen molar-refractivity contribution in [3.63, 3.8) is 0 Å². The number of carboxylic acids is 1. The quantitative estimate of drug-likeness (QED) is 0.385. The van der Waals surface area contributed by atoms with Gasteiger partial charge in [-0.25, -0.2) is 14.1 Å². The van der Waals surface area contributed by atoms with E-state index in [0.717, 1.165) is 18.8 Å². The lowest BCUT2D eigenvalue weighted by molar-refractivity contribution is 0.0696. The molecule has 1 aromatic heterocycles. The highest BCUT2D eigenvalue weighted by molar-refractivity contribution is 7.98. The lowest BCUT2D eigenvalue weighted by Crippen LogP contribution is -2.13. The Kier molecular flexibility index (Phi) is 6.57.